The first kappa shape index (κ1) is 14.2. The molecule has 0 spiro atoms. The minimum absolute atomic E-state index is 0.351. The Morgan fingerprint density at radius 2 is 1.88 bits per heavy atom. The smallest absolute Gasteiger partial charge is 0.336 e. The Morgan fingerprint density at radius 3 is 2.47 bits per heavy atom. The summed E-state index contributed by atoms with van der Waals surface area (Å²) < 4.78 is 4.94. The molecule has 98 valence electrons. The lowest BCUT2D eigenvalue weighted by atomic mass is 10.0. The summed E-state index contributed by atoms with van der Waals surface area (Å²) in [4.78, 5) is 11.3. The second-order valence-corrected chi connectivity index (χ2v) is 4.77. The lowest BCUT2D eigenvalue weighted by Gasteiger charge is -2.04. The highest BCUT2D eigenvalue weighted by Gasteiger charge is 2.34. The predicted molar refractivity (Wildman–Crippen MR) is 67.6 cm³/mol. The zero-order valence-corrected chi connectivity index (χ0v) is 10.9. The maximum absolute atomic E-state index is 11.3. The quantitative estimate of drug-likeness (QED) is 0.423. The Balaban J connectivity index is 2.18. The van der Waals surface area contributed by atoms with E-state index in [1.54, 1.807) is 6.92 Å². The van der Waals surface area contributed by atoms with E-state index in [4.69, 9.17) is 4.74 Å². The Morgan fingerprint density at radius 1 is 1.24 bits per heavy atom. The molecule has 1 fully saturated rings. The van der Waals surface area contributed by atoms with Gasteiger partial charge in [-0.25, -0.2) is 4.79 Å². The van der Waals surface area contributed by atoms with Crippen molar-refractivity contribution < 1.29 is 14.6 Å². The van der Waals surface area contributed by atoms with Crippen molar-refractivity contribution in [1.82, 2.24) is 0 Å². The number of hydrogen-bond acceptors (Lipinski definition) is 3. The van der Waals surface area contributed by atoms with Gasteiger partial charge in [-0.15, -0.1) is 0 Å². The first-order chi connectivity index (χ1) is 8.16. The molecule has 3 nitrogen and oxygen atoms in total. The van der Waals surface area contributed by atoms with Gasteiger partial charge in [0.2, 0.25) is 0 Å². The summed E-state index contributed by atoms with van der Waals surface area (Å²) in [5, 5.41) is 9.69. The topological polar surface area (TPSA) is 46.5 Å². The molecule has 0 saturated carbocycles. The number of esters is 1. The highest BCUT2D eigenvalue weighted by molar-refractivity contribution is 5.92. The molecule has 0 unspecified atom stereocenters. The SMILES string of the molecule is CCCCCCCC/C=C1/C(=O)O[C@@H](C)[C@H]1O. The van der Waals surface area contributed by atoms with E-state index in [2.05, 4.69) is 6.92 Å². The molecule has 3 heteroatoms. The highest BCUT2D eigenvalue weighted by atomic mass is 16.6. The minimum Gasteiger partial charge on any atom is -0.456 e. The standard InChI is InChI=1S/C14H24O3/c1-3-4-5-6-7-8-9-10-12-13(15)11(2)17-14(12)16/h10-11,13,15H,3-9H2,1-2H3/b12-10+/t11-,13+/m0/s1. The summed E-state index contributed by atoms with van der Waals surface area (Å²) in [6.07, 6.45) is 9.00. The van der Waals surface area contributed by atoms with Gasteiger partial charge in [0.1, 0.15) is 12.2 Å². The fourth-order valence-corrected chi connectivity index (χ4v) is 2.06. The Labute approximate surface area is 104 Å². The molecule has 17 heavy (non-hydrogen) atoms. The third-order valence-corrected chi connectivity index (χ3v) is 3.21. The summed E-state index contributed by atoms with van der Waals surface area (Å²) in [5.41, 5.74) is 0.450. The van der Waals surface area contributed by atoms with Crippen LogP contribution in [0.25, 0.3) is 0 Å². The number of rotatable bonds is 7. The normalized spacial score (nSPS) is 26.5. The fourth-order valence-electron chi connectivity index (χ4n) is 2.06. The van der Waals surface area contributed by atoms with Gasteiger partial charge in [0, 0.05) is 0 Å². The number of carbonyl (C=O) groups is 1. The van der Waals surface area contributed by atoms with Crippen molar-refractivity contribution in [2.75, 3.05) is 0 Å². The van der Waals surface area contributed by atoms with Crippen molar-refractivity contribution in [2.45, 2.75) is 71.0 Å². The number of carbonyl (C=O) groups excluding carboxylic acids is 1. The van der Waals surface area contributed by atoms with Gasteiger partial charge in [-0.2, -0.15) is 0 Å². The maximum atomic E-state index is 11.3. The van der Waals surface area contributed by atoms with Crippen LogP contribution in [0.2, 0.25) is 0 Å². The molecule has 0 aromatic rings. The van der Waals surface area contributed by atoms with E-state index in [1.165, 1.54) is 32.1 Å². The van der Waals surface area contributed by atoms with Crippen LogP contribution in [0.5, 0.6) is 0 Å². The van der Waals surface area contributed by atoms with Gasteiger partial charge < -0.3 is 9.84 Å². The minimum atomic E-state index is -0.734. The van der Waals surface area contributed by atoms with Crippen molar-refractivity contribution in [1.29, 1.82) is 0 Å². The molecule has 0 aromatic carbocycles. The van der Waals surface area contributed by atoms with Crippen LogP contribution in [-0.4, -0.2) is 23.3 Å². The number of cyclic esters (lactones) is 1. The van der Waals surface area contributed by atoms with Crippen LogP contribution in [0.3, 0.4) is 0 Å². The Kier molecular flexibility index (Phi) is 6.27. The number of ether oxygens (including phenoxy) is 1. The zero-order valence-electron chi connectivity index (χ0n) is 10.9. The average molecular weight is 240 g/mol. The van der Waals surface area contributed by atoms with E-state index in [9.17, 15) is 9.90 Å². The van der Waals surface area contributed by atoms with Gasteiger partial charge in [-0.1, -0.05) is 45.1 Å². The van der Waals surface area contributed by atoms with Crippen molar-refractivity contribution in [3.8, 4) is 0 Å². The lowest BCUT2D eigenvalue weighted by molar-refractivity contribution is -0.138. The molecule has 1 rings (SSSR count). The fraction of sp³-hybridized carbons (Fsp3) is 0.786. The summed E-state index contributed by atoms with van der Waals surface area (Å²) in [6, 6.07) is 0. The summed E-state index contributed by atoms with van der Waals surface area (Å²) in [6.45, 7) is 3.92. The summed E-state index contributed by atoms with van der Waals surface area (Å²) in [7, 11) is 0. The van der Waals surface area contributed by atoms with E-state index < -0.39 is 12.2 Å². The van der Waals surface area contributed by atoms with Crippen LogP contribution in [0.4, 0.5) is 0 Å². The van der Waals surface area contributed by atoms with Crippen LogP contribution in [0.15, 0.2) is 11.6 Å². The van der Waals surface area contributed by atoms with Crippen molar-refractivity contribution >= 4 is 5.97 Å². The van der Waals surface area contributed by atoms with E-state index in [0.717, 1.165) is 12.8 Å². The molecule has 0 aliphatic carbocycles. The number of aliphatic hydroxyl groups excluding tert-OH is 1. The average Bonchev–Trinajstić information content (AvgIpc) is 2.54. The summed E-state index contributed by atoms with van der Waals surface area (Å²) in [5.74, 6) is -0.351. The van der Waals surface area contributed by atoms with Gasteiger partial charge in [0.05, 0.1) is 5.57 Å². The van der Waals surface area contributed by atoms with Gasteiger partial charge >= 0.3 is 5.97 Å². The summed E-state index contributed by atoms with van der Waals surface area (Å²) >= 11 is 0. The number of hydrogen-bond donors (Lipinski definition) is 1. The molecule has 0 amide bonds. The van der Waals surface area contributed by atoms with Crippen LogP contribution >= 0.6 is 0 Å². The highest BCUT2D eigenvalue weighted by Crippen LogP contribution is 2.21. The first-order valence-electron chi connectivity index (χ1n) is 6.76. The monoisotopic (exact) mass is 240 g/mol. The molecule has 0 bridgehead atoms. The van der Waals surface area contributed by atoms with Crippen molar-refractivity contribution in [3.63, 3.8) is 0 Å². The predicted octanol–water partition coefficient (Wildman–Crippen LogP) is 2.97. The van der Waals surface area contributed by atoms with Gasteiger partial charge in [-0.3, -0.25) is 0 Å². The molecule has 1 aliphatic heterocycles. The number of allylic oxidation sites excluding steroid dienone is 1. The lowest BCUT2D eigenvalue weighted by Crippen LogP contribution is -2.17. The maximum Gasteiger partial charge on any atom is 0.336 e. The largest absolute Gasteiger partial charge is 0.456 e. The van der Waals surface area contributed by atoms with Crippen molar-refractivity contribution in [3.05, 3.63) is 11.6 Å². The molecule has 0 aromatic heterocycles. The van der Waals surface area contributed by atoms with E-state index in [-0.39, 0.29) is 5.97 Å². The first-order valence-corrected chi connectivity index (χ1v) is 6.76. The second-order valence-electron chi connectivity index (χ2n) is 4.77. The number of unbranched alkanes of at least 4 members (excludes halogenated alkanes) is 6. The molecule has 0 radical (unpaired) electrons. The van der Waals surface area contributed by atoms with Crippen LogP contribution < -0.4 is 0 Å². The van der Waals surface area contributed by atoms with Gasteiger partial charge in [-0.05, 0) is 19.8 Å². The van der Waals surface area contributed by atoms with Crippen LogP contribution in [-0.2, 0) is 9.53 Å². The molecular formula is C14H24O3. The molecule has 1 N–H and O–H groups in total. The Hall–Kier alpha value is -0.830. The molecule has 2 atom stereocenters. The number of aliphatic hydroxyl groups is 1. The zero-order chi connectivity index (χ0) is 12.7. The molecule has 1 saturated heterocycles. The van der Waals surface area contributed by atoms with Gasteiger partial charge in [0.25, 0.3) is 0 Å². The Bertz CT molecular complexity index is 271. The molecule has 1 aliphatic rings. The van der Waals surface area contributed by atoms with E-state index in [0.29, 0.717) is 5.57 Å². The van der Waals surface area contributed by atoms with Crippen LogP contribution in [0.1, 0.15) is 58.8 Å². The molecular weight excluding hydrogens is 216 g/mol. The van der Waals surface area contributed by atoms with Crippen molar-refractivity contribution in [2.24, 2.45) is 0 Å². The van der Waals surface area contributed by atoms with E-state index >= 15 is 0 Å². The third-order valence-electron chi connectivity index (χ3n) is 3.21. The second kappa shape index (κ2) is 7.49. The van der Waals surface area contributed by atoms with E-state index in [1.807, 2.05) is 6.08 Å². The van der Waals surface area contributed by atoms with Crippen LogP contribution in [0, 0.1) is 0 Å². The molecule has 1 heterocycles. The van der Waals surface area contributed by atoms with Gasteiger partial charge in [0.15, 0.2) is 0 Å². The third kappa shape index (κ3) is 4.50.